The van der Waals surface area contributed by atoms with Crippen molar-refractivity contribution in [3.8, 4) is 11.8 Å². The fourth-order valence-electron chi connectivity index (χ4n) is 3.40. The van der Waals surface area contributed by atoms with Crippen LogP contribution in [0.25, 0.3) is 11.0 Å². The van der Waals surface area contributed by atoms with Gasteiger partial charge in [0.25, 0.3) is 5.56 Å². The maximum absolute atomic E-state index is 12.5. The van der Waals surface area contributed by atoms with Crippen LogP contribution in [-0.4, -0.2) is 65.4 Å². The molecule has 0 amide bonds. The number of phosphoric acid groups is 3. The van der Waals surface area contributed by atoms with Gasteiger partial charge >= 0.3 is 23.5 Å². The molecule has 1 aliphatic heterocycles. The highest BCUT2D eigenvalue weighted by molar-refractivity contribution is 7.80. The highest BCUT2D eigenvalue weighted by atomic mass is 32.1. The molecule has 1 fully saturated rings. The third-order valence-corrected chi connectivity index (χ3v) is 8.57. The number of aromatic amines is 1. The van der Waals surface area contributed by atoms with E-state index in [9.17, 15) is 28.3 Å². The SMILES string of the molecule is NCC#Cc1cn([C@H]2C[C@@H](OCS)C(COP(=O)(O)OP(=O)(O)OP(=O)(O)O)O2)c2nc(N)[nH]c(=O)c12. The van der Waals surface area contributed by atoms with Crippen LogP contribution in [-0.2, 0) is 36.3 Å². The van der Waals surface area contributed by atoms with Gasteiger partial charge in [0.2, 0.25) is 5.95 Å². The average molecular weight is 605 g/mol. The number of hydrogen-bond donors (Lipinski definition) is 8. The van der Waals surface area contributed by atoms with Gasteiger partial charge in [-0.2, -0.15) is 26.2 Å². The summed E-state index contributed by atoms with van der Waals surface area (Å²) in [6.45, 7) is -0.735. The molecular weight excluding hydrogens is 583 g/mol. The van der Waals surface area contributed by atoms with Crippen LogP contribution in [0.15, 0.2) is 11.0 Å². The van der Waals surface area contributed by atoms with Crippen molar-refractivity contribution in [2.45, 2.75) is 24.9 Å². The Hall–Kier alpha value is -1.58. The standard InChI is InChI=1S/C15H22N5O13P3S/c16-3-1-2-8-5-20(13-12(8)14(21)19-15(17)18-13)11-4-9(29-7-37)10(31-11)6-30-35(25,26)33-36(27,28)32-34(22,23)24/h5,9-11,37H,3-4,6-7,16H2,(H,25,26)(H,27,28)(H2,22,23,24)(H3,17,18,19,21)/t9-,10?,11-/m1/s1. The highest BCUT2D eigenvalue weighted by Gasteiger charge is 2.43. The number of H-pyrrole nitrogens is 1. The van der Waals surface area contributed by atoms with Crippen molar-refractivity contribution < 1.29 is 55.9 Å². The Morgan fingerprint density at radius 3 is 2.57 bits per heavy atom. The maximum Gasteiger partial charge on any atom is 0.490 e. The van der Waals surface area contributed by atoms with Gasteiger partial charge in [0.05, 0.1) is 36.1 Å². The number of phosphoric ester groups is 1. The zero-order valence-corrected chi connectivity index (χ0v) is 22.0. The quantitative estimate of drug-likeness (QED) is 0.0734. The van der Waals surface area contributed by atoms with Gasteiger partial charge in [-0.25, -0.2) is 13.7 Å². The molecule has 22 heteroatoms. The van der Waals surface area contributed by atoms with Gasteiger partial charge in [-0.1, -0.05) is 11.8 Å². The van der Waals surface area contributed by atoms with Gasteiger partial charge in [-0.05, 0) is 0 Å². The third kappa shape index (κ3) is 7.96. The molecule has 37 heavy (non-hydrogen) atoms. The van der Waals surface area contributed by atoms with Gasteiger partial charge in [0.15, 0.2) is 5.65 Å². The summed E-state index contributed by atoms with van der Waals surface area (Å²) in [7, 11) is -16.6. The molecule has 2 aromatic heterocycles. The number of aromatic nitrogens is 3. The first-order chi connectivity index (χ1) is 17.1. The molecule has 0 spiro atoms. The molecular formula is C15H22N5O13P3S. The van der Waals surface area contributed by atoms with Crippen molar-refractivity contribution in [1.82, 2.24) is 14.5 Å². The molecule has 0 saturated carbocycles. The molecule has 9 N–H and O–H groups in total. The predicted octanol–water partition coefficient (Wildman–Crippen LogP) is -0.480. The first-order valence-corrected chi connectivity index (χ1v) is 15.1. The lowest BCUT2D eigenvalue weighted by Crippen LogP contribution is -2.28. The van der Waals surface area contributed by atoms with Gasteiger partial charge in [-0.15, -0.1) is 0 Å². The van der Waals surface area contributed by atoms with E-state index in [1.807, 2.05) is 0 Å². The summed E-state index contributed by atoms with van der Waals surface area (Å²) in [5, 5.41) is 0.113. The van der Waals surface area contributed by atoms with E-state index in [1.165, 1.54) is 10.8 Å². The lowest BCUT2D eigenvalue weighted by atomic mass is 10.2. The molecule has 2 aromatic rings. The van der Waals surface area contributed by atoms with E-state index in [4.69, 9.17) is 30.7 Å². The van der Waals surface area contributed by atoms with Crippen molar-refractivity contribution in [2.24, 2.45) is 5.73 Å². The summed E-state index contributed by atoms with van der Waals surface area (Å²) in [5.74, 6) is 5.11. The number of nitrogens with zero attached hydrogens (tertiary/aromatic N) is 2. The van der Waals surface area contributed by atoms with E-state index in [-0.39, 0.29) is 41.4 Å². The van der Waals surface area contributed by atoms with Crippen LogP contribution in [0.2, 0.25) is 0 Å². The van der Waals surface area contributed by atoms with Crippen LogP contribution in [0.3, 0.4) is 0 Å². The van der Waals surface area contributed by atoms with Crippen molar-refractivity contribution in [3.63, 3.8) is 0 Å². The number of fused-ring (bicyclic) bond motifs is 1. The number of nitrogens with two attached hydrogens (primary N) is 2. The number of rotatable bonds is 10. The Morgan fingerprint density at radius 1 is 1.24 bits per heavy atom. The fourth-order valence-corrected chi connectivity index (χ4v) is 6.62. The Morgan fingerprint density at radius 2 is 1.95 bits per heavy atom. The van der Waals surface area contributed by atoms with Crippen LogP contribution in [0, 0.1) is 11.8 Å². The second kappa shape index (κ2) is 11.7. The number of thiol groups is 1. The molecule has 3 unspecified atom stereocenters. The smallest absolute Gasteiger partial charge is 0.369 e. The van der Waals surface area contributed by atoms with Gasteiger partial charge < -0.3 is 45.1 Å². The van der Waals surface area contributed by atoms with Crippen LogP contribution in [0.1, 0.15) is 18.2 Å². The van der Waals surface area contributed by atoms with Crippen molar-refractivity contribution in [3.05, 3.63) is 22.1 Å². The van der Waals surface area contributed by atoms with Gasteiger partial charge in [-0.3, -0.25) is 14.3 Å². The minimum Gasteiger partial charge on any atom is -0.369 e. The van der Waals surface area contributed by atoms with Crippen molar-refractivity contribution >= 4 is 53.1 Å². The van der Waals surface area contributed by atoms with Crippen LogP contribution < -0.4 is 17.0 Å². The molecule has 18 nitrogen and oxygen atoms in total. The maximum atomic E-state index is 12.5. The number of ether oxygens (including phenoxy) is 2. The molecule has 3 heterocycles. The summed E-state index contributed by atoms with van der Waals surface area (Å²) in [4.78, 5) is 55.3. The second-order valence-corrected chi connectivity index (χ2v) is 11.9. The minimum absolute atomic E-state index is 0.0213. The molecule has 1 saturated heterocycles. The Kier molecular flexibility index (Phi) is 9.44. The zero-order chi connectivity index (χ0) is 27.6. The predicted molar refractivity (Wildman–Crippen MR) is 128 cm³/mol. The summed E-state index contributed by atoms with van der Waals surface area (Å²) in [5.41, 5.74) is 10.9. The molecule has 1 aliphatic rings. The summed E-state index contributed by atoms with van der Waals surface area (Å²) >= 11 is 3.98. The van der Waals surface area contributed by atoms with Crippen LogP contribution in [0.5, 0.6) is 0 Å². The van der Waals surface area contributed by atoms with Crippen LogP contribution >= 0.6 is 36.1 Å². The minimum atomic E-state index is -5.69. The number of hydrogen-bond acceptors (Lipinski definition) is 13. The van der Waals surface area contributed by atoms with Crippen LogP contribution in [0.4, 0.5) is 5.95 Å². The molecule has 0 radical (unpaired) electrons. The normalized spacial score (nSPS) is 23.4. The fraction of sp³-hybridized carbons (Fsp3) is 0.467. The van der Waals surface area contributed by atoms with E-state index in [0.29, 0.717) is 0 Å². The lowest BCUT2D eigenvalue weighted by Gasteiger charge is -2.20. The molecule has 0 bridgehead atoms. The Labute approximate surface area is 213 Å². The first kappa shape index (κ1) is 30.0. The average Bonchev–Trinajstić information content (AvgIpc) is 3.29. The molecule has 0 aliphatic carbocycles. The van der Waals surface area contributed by atoms with E-state index in [2.05, 4.69) is 47.6 Å². The van der Waals surface area contributed by atoms with Crippen molar-refractivity contribution in [2.75, 3.05) is 24.8 Å². The number of nitrogens with one attached hydrogen (secondary N) is 1. The molecule has 3 rings (SSSR count). The monoisotopic (exact) mass is 605 g/mol. The third-order valence-electron chi connectivity index (χ3n) is 4.62. The van der Waals surface area contributed by atoms with E-state index < -0.39 is 54.1 Å². The van der Waals surface area contributed by atoms with E-state index in [1.54, 1.807) is 0 Å². The lowest BCUT2D eigenvalue weighted by molar-refractivity contribution is -0.0520. The number of nitrogen functional groups attached to an aromatic ring is 1. The Balaban J connectivity index is 1.84. The largest absolute Gasteiger partial charge is 0.490 e. The summed E-state index contributed by atoms with van der Waals surface area (Å²) in [6.07, 6.45) is -1.23. The topological polar surface area (TPSA) is 281 Å². The first-order valence-electron chi connectivity index (χ1n) is 9.90. The molecule has 206 valence electrons. The second-order valence-electron chi connectivity index (χ2n) is 7.19. The zero-order valence-electron chi connectivity index (χ0n) is 18.4. The summed E-state index contributed by atoms with van der Waals surface area (Å²) in [6, 6.07) is 0. The summed E-state index contributed by atoms with van der Waals surface area (Å²) < 4.78 is 59.2. The van der Waals surface area contributed by atoms with Gasteiger partial charge in [0.1, 0.15) is 12.3 Å². The highest BCUT2D eigenvalue weighted by Crippen LogP contribution is 2.66. The van der Waals surface area contributed by atoms with E-state index >= 15 is 0 Å². The van der Waals surface area contributed by atoms with Crippen molar-refractivity contribution in [1.29, 1.82) is 0 Å². The number of anilines is 1. The molecule has 0 aromatic carbocycles. The molecule has 5 atom stereocenters. The van der Waals surface area contributed by atoms with Gasteiger partial charge in [0, 0.05) is 12.6 Å². The Bertz CT molecular complexity index is 1410. The van der Waals surface area contributed by atoms with E-state index in [0.717, 1.165) is 0 Å².